The number of hydrogen-bond donors (Lipinski definition) is 2. The summed E-state index contributed by atoms with van der Waals surface area (Å²) >= 11 is 0. The first kappa shape index (κ1) is 28.1. The fourth-order valence-electron chi connectivity index (χ4n) is 4.39. The van der Waals surface area contributed by atoms with Gasteiger partial charge in [-0.1, -0.05) is 88.6 Å². The predicted octanol–water partition coefficient (Wildman–Crippen LogP) is 6.35. The molecule has 2 N–H and O–H groups in total. The van der Waals surface area contributed by atoms with Gasteiger partial charge in [-0.05, 0) is 48.2 Å². The number of amides is 1. The fourth-order valence-corrected chi connectivity index (χ4v) is 5.34. The van der Waals surface area contributed by atoms with Crippen LogP contribution in [-0.2, 0) is 25.4 Å². The van der Waals surface area contributed by atoms with E-state index in [2.05, 4.69) is 44.5 Å². The summed E-state index contributed by atoms with van der Waals surface area (Å²) in [5.74, 6) is -0.520. The summed E-state index contributed by atoms with van der Waals surface area (Å²) in [7, 11) is -0.569. The minimum absolute atomic E-state index is 0.0988. The van der Waals surface area contributed by atoms with Gasteiger partial charge in [-0.15, -0.1) is 0 Å². The average molecular weight is 511 g/mol. The fraction of sp³-hybridized carbons (Fsp3) is 0.517. The second-order valence-electron chi connectivity index (χ2n) is 11.3. The number of hydrogen-bond acceptors (Lipinski definition) is 5. The van der Waals surface area contributed by atoms with E-state index in [0.717, 1.165) is 36.1 Å². The van der Waals surface area contributed by atoms with Crippen LogP contribution in [0, 0.1) is 0 Å². The maximum atomic E-state index is 13.9. The van der Waals surface area contributed by atoms with Crippen LogP contribution >= 0.6 is 0 Å². The van der Waals surface area contributed by atoms with Crippen molar-refractivity contribution in [2.75, 3.05) is 12.4 Å². The Morgan fingerprint density at radius 3 is 2.19 bits per heavy atom. The molecule has 6 nitrogen and oxygen atoms in total. The Morgan fingerprint density at radius 1 is 0.972 bits per heavy atom. The van der Waals surface area contributed by atoms with Gasteiger partial charge in [0.2, 0.25) is 5.91 Å². The minimum Gasteiger partial charge on any atom is -0.468 e. The van der Waals surface area contributed by atoms with E-state index in [1.807, 2.05) is 54.6 Å². The number of benzene rings is 2. The van der Waals surface area contributed by atoms with Gasteiger partial charge in [0.05, 0.1) is 19.3 Å². The van der Waals surface area contributed by atoms with E-state index in [1.54, 1.807) is 0 Å². The molecule has 1 saturated carbocycles. The van der Waals surface area contributed by atoms with E-state index in [1.165, 1.54) is 7.11 Å². The van der Waals surface area contributed by atoms with Gasteiger partial charge in [0.1, 0.15) is 6.04 Å². The van der Waals surface area contributed by atoms with Gasteiger partial charge in [0.15, 0.2) is 8.32 Å². The van der Waals surface area contributed by atoms with Crippen LogP contribution in [0.2, 0.25) is 18.1 Å². The van der Waals surface area contributed by atoms with Crippen LogP contribution < -0.4 is 10.6 Å². The van der Waals surface area contributed by atoms with Gasteiger partial charge in [-0.2, -0.15) is 0 Å². The molecule has 1 amide bonds. The summed E-state index contributed by atoms with van der Waals surface area (Å²) < 4.78 is 11.6. The van der Waals surface area contributed by atoms with E-state index in [9.17, 15) is 9.59 Å². The highest BCUT2D eigenvalue weighted by molar-refractivity contribution is 6.74. The summed E-state index contributed by atoms with van der Waals surface area (Å²) in [5, 5.41) is 6.73. The van der Waals surface area contributed by atoms with Crippen LogP contribution in [-0.4, -0.2) is 32.8 Å². The number of carbonyl (C=O) groups excluding carboxylic acids is 2. The highest BCUT2D eigenvalue weighted by atomic mass is 28.4. The summed E-state index contributed by atoms with van der Waals surface area (Å²) in [6.07, 6.45) is 4.21. The quantitative estimate of drug-likeness (QED) is 0.303. The molecule has 36 heavy (non-hydrogen) atoms. The predicted molar refractivity (Wildman–Crippen MR) is 147 cm³/mol. The van der Waals surface area contributed by atoms with Gasteiger partial charge in [0, 0.05) is 5.69 Å². The molecule has 0 radical (unpaired) electrons. The minimum atomic E-state index is -1.95. The van der Waals surface area contributed by atoms with Gasteiger partial charge >= 0.3 is 5.97 Å². The smallest absolute Gasteiger partial charge is 0.327 e. The SMILES string of the molecule is COC(=O)C(NC1(C(=O)Nc2ccccc2CO[Si](C)(C)C(C)(C)C)CCCCC1)c1ccccc1. The number of methoxy groups -OCH3 is 1. The summed E-state index contributed by atoms with van der Waals surface area (Å²) in [6.45, 7) is 11.6. The number of ether oxygens (including phenoxy) is 1. The Morgan fingerprint density at radius 2 is 1.58 bits per heavy atom. The van der Waals surface area contributed by atoms with Crippen LogP contribution in [0.15, 0.2) is 54.6 Å². The molecule has 0 saturated heterocycles. The van der Waals surface area contributed by atoms with Gasteiger partial charge < -0.3 is 14.5 Å². The Hall–Kier alpha value is -2.48. The van der Waals surface area contributed by atoms with E-state index in [4.69, 9.17) is 9.16 Å². The van der Waals surface area contributed by atoms with Gasteiger partial charge in [0.25, 0.3) is 0 Å². The number of nitrogens with one attached hydrogen (secondary N) is 2. The second kappa shape index (κ2) is 11.7. The Bertz CT molecular complexity index is 1030. The standard InChI is InChI=1S/C29H42N2O4Si/c1-28(2,3)36(5,6)35-21-23-17-11-12-18-24(23)30-27(33)29(19-13-8-14-20-29)31-25(26(32)34-4)22-15-9-7-10-16-22/h7,9-12,15-18,25,31H,8,13-14,19-21H2,1-6H3,(H,30,33). The molecule has 0 aliphatic heterocycles. The van der Waals surface area contributed by atoms with Crippen LogP contribution in [0.4, 0.5) is 5.69 Å². The third kappa shape index (κ3) is 6.63. The van der Waals surface area contributed by atoms with Gasteiger partial charge in [-0.25, -0.2) is 4.79 Å². The second-order valence-corrected chi connectivity index (χ2v) is 16.1. The lowest BCUT2D eigenvalue weighted by molar-refractivity contribution is -0.144. The molecule has 1 atom stereocenters. The molecule has 1 fully saturated rings. The highest BCUT2D eigenvalue weighted by Gasteiger charge is 2.43. The lowest BCUT2D eigenvalue weighted by Gasteiger charge is -2.39. The normalized spacial score (nSPS) is 16.7. The Kier molecular flexibility index (Phi) is 9.14. The summed E-state index contributed by atoms with van der Waals surface area (Å²) in [5.41, 5.74) is 1.61. The molecule has 196 valence electrons. The zero-order chi connectivity index (χ0) is 26.4. The van der Waals surface area contributed by atoms with E-state index < -0.39 is 25.9 Å². The molecule has 2 aromatic carbocycles. The zero-order valence-electron chi connectivity index (χ0n) is 22.6. The molecule has 0 bridgehead atoms. The number of carbonyl (C=O) groups is 2. The van der Waals surface area contributed by atoms with Crippen molar-refractivity contribution in [2.45, 2.75) is 89.2 Å². The first-order valence-electron chi connectivity index (χ1n) is 12.9. The number of anilines is 1. The molecular weight excluding hydrogens is 468 g/mol. The molecule has 1 aliphatic rings. The van der Waals surface area contributed by atoms with Crippen molar-refractivity contribution in [3.63, 3.8) is 0 Å². The lowest BCUT2D eigenvalue weighted by atomic mass is 9.79. The molecular formula is C29H42N2O4Si. The molecule has 7 heteroatoms. The Balaban J connectivity index is 1.86. The van der Waals surface area contributed by atoms with E-state index in [-0.39, 0.29) is 10.9 Å². The average Bonchev–Trinajstić information content (AvgIpc) is 2.86. The third-order valence-corrected chi connectivity index (χ3v) is 12.3. The van der Waals surface area contributed by atoms with Crippen molar-refractivity contribution in [1.82, 2.24) is 5.32 Å². The molecule has 0 spiro atoms. The van der Waals surface area contributed by atoms with Crippen molar-refractivity contribution in [3.05, 3.63) is 65.7 Å². The first-order valence-corrected chi connectivity index (χ1v) is 15.8. The van der Waals surface area contributed by atoms with E-state index >= 15 is 0 Å². The lowest BCUT2D eigenvalue weighted by Crippen LogP contribution is -2.58. The highest BCUT2D eigenvalue weighted by Crippen LogP contribution is 2.38. The topological polar surface area (TPSA) is 76.7 Å². The molecule has 0 aromatic heterocycles. The zero-order valence-corrected chi connectivity index (χ0v) is 23.6. The first-order chi connectivity index (χ1) is 17.0. The Labute approximate surface area is 217 Å². The number of rotatable bonds is 9. The largest absolute Gasteiger partial charge is 0.468 e. The summed E-state index contributed by atoms with van der Waals surface area (Å²) in [4.78, 5) is 26.7. The van der Waals surface area contributed by atoms with Crippen molar-refractivity contribution >= 4 is 25.9 Å². The van der Waals surface area contributed by atoms with Crippen molar-refractivity contribution in [2.24, 2.45) is 0 Å². The van der Waals surface area contributed by atoms with Crippen LogP contribution in [0.3, 0.4) is 0 Å². The summed E-state index contributed by atoms with van der Waals surface area (Å²) in [6, 6.07) is 16.6. The van der Waals surface area contributed by atoms with Crippen LogP contribution in [0.5, 0.6) is 0 Å². The monoisotopic (exact) mass is 510 g/mol. The third-order valence-electron chi connectivity index (χ3n) is 7.79. The van der Waals surface area contributed by atoms with Crippen molar-refractivity contribution in [3.8, 4) is 0 Å². The van der Waals surface area contributed by atoms with Crippen molar-refractivity contribution < 1.29 is 18.8 Å². The maximum absolute atomic E-state index is 13.9. The van der Waals surface area contributed by atoms with Crippen molar-refractivity contribution in [1.29, 1.82) is 0 Å². The molecule has 0 heterocycles. The molecule has 2 aromatic rings. The van der Waals surface area contributed by atoms with Crippen LogP contribution in [0.25, 0.3) is 0 Å². The molecule has 1 aliphatic carbocycles. The van der Waals surface area contributed by atoms with Gasteiger partial charge in [-0.3, -0.25) is 10.1 Å². The van der Waals surface area contributed by atoms with Crippen LogP contribution in [0.1, 0.15) is 70.0 Å². The van der Waals surface area contributed by atoms with E-state index in [0.29, 0.717) is 19.4 Å². The number of esters is 1. The number of para-hydroxylation sites is 1. The molecule has 3 rings (SSSR count). The maximum Gasteiger partial charge on any atom is 0.327 e. The molecule has 1 unspecified atom stereocenters.